The number of para-hydroxylation sites is 1. The number of rotatable bonds is 4. The van der Waals surface area contributed by atoms with Crippen molar-refractivity contribution < 1.29 is 14.5 Å². The van der Waals surface area contributed by atoms with E-state index in [-0.39, 0.29) is 17.9 Å². The number of carbonyl (C=O) groups is 1. The fraction of sp³-hybridized carbons (Fsp3) is 0.0909. The highest BCUT2D eigenvalue weighted by Crippen LogP contribution is 2.19. The smallest absolute Gasteiger partial charge is 0.345 e. The summed E-state index contributed by atoms with van der Waals surface area (Å²) in [5.74, 6) is -0.765. The Balaban J connectivity index is 2.10. The van der Waals surface area contributed by atoms with Crippen LogP contribution in [0.4, 0.5) is 10.8 Å². The number of nitro benzene ring substituents is 1. The van der Waals surface area contributed by atoms with Crippen LogP contribution < -0.4 is 5.73 Å². The van der Waals surface area contributed by atoms with Gasteiger partial charge in [0.2, 0.25) is 0 Å². The first-order valence-corrected chi connectivity index (χ1v) is 6.06. The molecule has 2 rings (SSSR count). The van der Waals surface area contributed by atoms with Crippen LogP contribution in [0.5, 0.6) is 0 Å². The van der Waals surface area contributed by atoms with E-state index in [0.29, 0.717) is 10.8 Å². The third-order valence-electron chi connectivity index (χ3n) is 2.24. The van der Waals surface area contributed by atoms with Crippen molar-refractivity contribution in [3.05, 3.63) is 51.0 Å². The summed E-state index contributed by atoms with van der Waals surface area (Å²) >= 11 is 1.23. The van der Waals surface area contributed by atoms with Gasteiger partial charge in [-0.2, -0.15) is 0 Å². The van der Waals surface area contributed by atoms with E-state index in [4.69, 9.17) is 10.5 Å². The first kappa shape index (κ1) is 13.0. The minimum Gasteiger partial charge on any atom is -0.455 e. The molecule has 0 amide bonds. The molecule has 0 aliphatic heterocycles. The third-order valence-corrected chi connectivity index (χ3v) is 2.96. The summed E-state index contributed by atoms with van der Waals surface area (Å²) in [6.07, 6.45) is 0. The molecule has 2 N–H and O–H groups in total. The van der Waals surface area contributed by atoms with Gasteiger partial charge >= 0.3 is 5.97 Å². The Bertz CT molecular complexity index is 626. The van der Waals surface area contributed by atoms with Gasteiger partial charge in [-0.05, 0) is 6.07 Å². The molecule has 0 bridgehead atoms. The number of nitrogens with zero attached hydrogens (tertiary/aromatic N) is 2. The van der Waals surface area contributed by atoms with Crippen molar-refractivity contribution in [3.8, 4) is 0 Å². The van der Waals surface area contributed by atoms with Crippen molar-refractivity contribution >= 4 is 28.1 Å². The van der Waals surface area contributed by atoms with E-state index >= 15 is 0 Å². The molecule has 0 saturated heterocycles. The SMILES string of the molecule is Nc1nc(COC(=O)c2ccccc2[N+](=O)[O-])cs1. The van der Waals surface area contributed by atoms with Gasteiger partial charge in [-0.15, -0.1) is 11.3 Å². The van der Waals surface area contributed by atoms with Gasteiger partial charge in [-0.3, -0.25) is 10.1 Å². The molecule has 19 heavy (non-hydrogen) atoms. The zero-order valence-electron chi connectivity index (χ0n) is 9.61. The molecule has 7 nitrogen and oxygen atoms in total. The Morgan fingerprint density at radius 3 is 2.84 bits per heavy atom. The zero-order chi connectivity index (χ0) is 13.8. The highest BCUT2D eigenvalue weighted by atomic mass is 32.1. The van der Waals surface area contributed by atoms with Crippen LogP contribution in [0, 0.1) is 10.1 Å². The van der Waals surface area contributed by atoms with Gasteiger partial charge in [0.05, 0.1) is 10.6 Å². The summed E-state index contributed by atoms with van der Waals surface area (Å²) < 4.78 is 4.96. The van der Waals surface area contributed by atoms with E-state index < -0.39 is 10.9 Å². The number of ether oxygens (including phenoxy) is 1. The van der Waals surface area contributed by atoms with Gasteiger partial charge in [0, 0.05) is 11.4 Å². The largest absolute Gasteiger partial charge is 0.455 e. The van der Waals surface area contributed by atoms with Crippen LogP contribution in [-0.4, -0.2) is 15.9 Å². The Morgan fingerprint density at radius 2 is 2.21 bits per heavy atom. The molecule has 0 unspecified atom stereocenters. The zero-order valence-corrected chi connectivity index (χ0v) is 10.4. The number of anilines is 1. The van der Waals surface area contributed by atoms with Crippen molar-refractivity contribution in [2.45, 2.75) is 6.61 Å². The number of nitrogens with two attached hydrogens (primary N) is 1. The van der Waals surface area contributed by atoms with E-state index in [9.17, 15) is 14.9 Å². The molecular formula is C11H9N3O4S. The summed E-state index contributed by atoms with van der Waals surface area (Å²) in [7, 11) is 0. The van der Waals surface area contributed by atoms with Crippen LogP contribution in [0.15, 0.2) is 29.6 Å². The second kappa shape index (κ2) is 5.44. The minimum absolute atomic E-state index is 0.0709. The second-order valence-corrected chi connectivity index (χ2v) is 4.42. The van der Waals surface area contributed by atoms with Crippen molar-refractivity contribution in [2.75, 3.05) is 5.73 Å². The second-order valence-electron chi connectivity index (χ2n) is 3.53. The van der Waals surface area contributed by atoms with Gasteiger partial charge in [0.1, 0.15) is 12.2 Å². The molecule has 98 valence electrons. The number of nitro groups is 1. The van der Waals surface area contributed by atoms with E-state index in [2.05, 4.69) is 4.98 Å². The summed E-state index contributed by atoms with van der Waals surface area (Å²) in [4.78, 5) is 25.8. The van der Waals surface area contributed by atoms with Crippen LogP contribution in [0.1, 0.15) is 16.1 Å². The Morgan fingerprint density at radius 1 is 1.47 bits per heavy atom. The van der Waals surface area contributed by atoms with Crippen molar-refractivity contribution in [2.24, 2.45) is 0 Å². The van der Waals surface area contributed by atoms with Crippen LogP contribution in [0.2, 0.25) is 0 Å². The first-order chi connectivity index (χ1) is 9.08. The predicted molar refractivity (Wildman–Crippen MR) is 68.7 cm³/mol. The van der Waals surface area contributed by atoms with Crippen LogP contribution in [0.3, 0.4) is 0 Å². The summed E-state index contributed by atoms with van der Waals surface area (Å²) in [5.41, 5.74) is 5.57. The molecule has 8 heteroatoms. The molecule has 2 aromatic rings. The predicted octanol–water partition coefficient (Wildman–Crippen LogP) is 1.99. The lowest BCUT2D eigenvalue weighted by molar-refractivity contribution is -0.385. The Kier molecular flexibility index (Phi) is 3.71. The number of nitrogen functional groups attached to an aromatic ring is 1. The topological polar surface area (TPSA) is 108 Å². The maximum atomic E-state index is 11.8. The highest BCUT2D eigenvalue weighted by molar-refractivity contribution is 7.13. The number of carbonyl (C=O) groups excluding carboxylic acids is 1. The minimum atomic E-state index is -0.765. The molecule has 1 aromatic carbocycles. The Labute approximate surface area is 111 Å². The normalized spacial score (nSPS) is 10.1. The number of aromatic nitrogens is 1. The number of esters is 1. The molecule has 0 aliphatic carbocycles. The maximum absolute atomic E-state index is 11.8. The molecule has 0 aliphatic rings. The number of thiazole rings is 1. The molecule has 0 radical (unpaired) electrons. The third kappa shape index (κ3) is 3.05. The lowest BCUT2D eigenvalue weighted by Crippen LogP contribution is -2.08. The molecule has 1 aromatic heterocycles. The van der Waals surface area contributed by atoms with Gasteiger partial charge < -0.3 is 10.5 Å². The fourth-order valence-electron chi connectivity index (χ4n) is 1.41. The van der Waals surface area contributed by atoms with E-state index in [1.807, 2.05) is 0 Å². The average molecular weight is 279 g/mol. The fourth-order valence-corrected chi connectivity index (χ4v) is 1.96. The van der Waals surface area contributed by atoms with Crippen molar-refractivity contribution in [3.63, 3.8) is 0 Å². The van der Waals surface area contributed by atoms with Crippen LogP contribution >= 0.6 is 11.3 Å². The molecule has 0 atom stereocenters. The van der Waals surface area contributed by atoms with Crippen molar-refractivity contribution in [1.82, 2.24) is 4.98 Å². The summed E-state index contributed by atoms with van der Waals surface area (Å²) in [6, 6.07) is 5.60. The van der Waals surface area contributed by atoms with Gasteiger partial charge in [0.25, 0.3) is 5.69 Å². The number of benzene rings is 1. The number of hydrogen-bond acceptors (Lipinski definition) is 7. The summed E-state index contributed by atoms with van der Waals surface area (Å²) in [5, 5.41) is 12.8. The lowest BCUT2D eigenvalue weighted by atomic mass is 10.2. The van der Waals surface area contributed by atoms with Gasteiger partial charge in [-0.1, -0.05) is 12.1 Å². The molecular weight excluding hydrogens is 270 g/mol. The molecule has 1 heterocycles. The Hall–Kier alpha value is -2.48. The lowest BCUT2D eigenvalue weighted by Gasteiger charge is -2.03. The quantitative estimate of drug-likeness (QED) is 0.521. The summed E-state index contributed by atoms with van der Waals surface area (Å²) in [6.45, 7) is -0.0709. The first-order valence-electron chi connectivity index (χ1n) is 5.18. The van der Waals surface area contributed by atoms with Crippen molar-refractivity contribution in [1.29, 1.82) is 0 Å². The van der Waals surface area contributed by atoms with Gasteiger partial charge in [0.15, 0.2) is 5.13 Å². The van der Waals surface area contributed by atoms with E-state index in [1.165, 1.54) is 35.6 Å². The average Bonchev–Trinajstić information content (AvgIpc) is 2.81. The van der Waals surface area contributed by atoms with Crippen LogP contribution in [-0.2, 0) is 11.3 Å². The van der Waals surface area contributed by atoms with E-state index in [0.717, 1.165) is 0 Å². The molecule has 0 fully saturated rings. The standard InChI is InChI=1S/C11H9N3O4S/c12-11-13-7(6-19-11)5-18-10(15)8-3-1-2-4-9(8)14(16)17/h1-4,6H,5H2,(H2,12,13). The molecule has 0 spiro atoms. The van der Waals surface area contributed by atoms with Crippen LogP contribution in [0.25, 0.3) is 0 Å². The van der Waals surface area contributed by atoms with E-state index in [1.54, 1.807) is 5.38 Å². The maximum Gasteiger partial charge on any atom is 0.345 e. The monoisotopic (exact) mass is 279 g/mol. The molecule has 0 saturated carbocycles. The number of hydrogen-bond donors (Lipinski definition) is 1. The van der Waals surface area contributed by atoms with Gasteiger partial charge in [-0.25, -0.2) is 9.78 Å². The highest BCUT2D eigenvalue weighted by Gasteiger charge is 2.20.